The third-order valence-corrected chi connectivity index (χ3v) is 2.76. The van der Waals surface area contributed by atoms with Gasteiger partial charge in [0.1, 0.15) is 5.75 Å². The molecule has 0 aliphatic heterocycles. The summed E-state index contributed by atoms with van der Waals surface area (Å²) in [5, 5.41) is 20.3. The van der Waals surface area contributed by atoms with Crippen molar-refractivity contribution >= 4 is 11.7 Å². The summed E-state index contributed by atoms with van der Waals surface area (Å²) in [6, 6.07) is 3.84. The van der Waals surface area contributed by atoms with Gasteiger partial charge in [0.2, 0.25) is 0 Å². The van der Waals surface area contributed by atoms with Crippen LogP contribution in [0, 0.1) is 10.1 Å². The van der Waals surface area contributed by atoms with Crippen molar-refractivity contribution in [2.24, 2.45) is 0 Å². The van der Waals surface area contributed by atoms with E-state index in [1.54, 1.807) is 0 Å². The van der Waals surface area contributed by atoms with Crippen molar-refractivity contribution in [3.63, 3.8) is 0 Å². The maximum atomic E-state index is 11.4. The van der Waals surface area contributed by atoms with Gasteiger partial charge in [-0.05, 0) is 19.4 Å². The van der Waals surface area contributed by atoms with Gasteiger partial charge < -0.3 is 14.6 Å². The van der Waals surface area contributed by atoms with E-state index in [4.69, 9.17) is 9.47 Å². The van der Waals surface area contributed by atoms with E-state index in [-0.39, 0.29) is 23.6 Å². The van der Waals surface area contributed by atoms with Crippen LogP contribution < -0.4 is 4.74 Å². The van der Waals surface area contributed by atoms with Gasteiger partial charge in [-0.2, -0.15) is 0 Å². The molecule has 0 amide bonds. The van der Waals surface area contributed by atoms with Crippen molar-refractivity contribution in [1.82, 2.24) is 0 Å². The van der Waals surface area contributed by atoms with Crippen LogP contribution in [0.4, 0.5) is 5.69 Å². The lowest BCUT2D eigenvalue weighted by molar-refractivity contribution is -0.385. The van der Waals surface area contributed by atoms with Crippen molar-refractivity contribution in [1.29, 1.82) is 0 Å². The topological polar surface area (TPSA) is 98.9 Å². The minimum absolute atomic E-state index is 0.149. The highest BCUT2D eigenvalue weighted by molar-refractivity contribution is 5.71. The lowest BCUT2D eigenvalue weighted by Gasteiger charge is -2.13. The molecule has 1 aromatic rings. The molecule has 0 spiro atoms. The number of non-ortho nitro benzene ring substituents is 1. The molecule has 0 aliphatic rings. The fraction of sp³-hybridized carbons (Fsp3) is 0.500. The second-order valence-corrected chi connectivity index (χ2v) is 4.52. The number of ether oxygens (including phenoxy) is 2. The molecule has 116 valence electrons. The van der Waals surface area contributed by atoms with Crippen LogP contribution in [-0.2, 0) is 9.53 Å². The standard InChI is InChI=1S/C14H19NO6/c1-3-4-7-20-14(17)9-21-13-6-5-11(15(18)19)8-12(13)10(2)16/h5-6,8,10,16H,3-4,7,9H2,1-2H3. The predicted octanol–water partition coefficient (Wildman–Crippen LogP) is 2.37. The van der Waals surface area contributed by atoms with E-state index in [0.717, 1.165) is 12.8 Å². The van der Waals surface area contributed by atoms with Crippen molar-refractivity contribution in [2.75, 3.05) is 13.2 Å². The summed E-state index contributed by atoms with van der Waals surface area (Å²) in [7, 11) is 0. The van der Waals surface area contributed by atoms with Gasteiger partial charge in [0, 0.05) is 17.7 Å². The number of unbranched alkanes of at least 4 members (excludes halogenated alkanes) is 1. The molecule has 0 aromatic heterocycles. The summed E-state index contributed by atoms with van der Waals surface area (Å²) < 4.78 is 10.2. The Hall–Kier alpha value is -2.15. The van der Waals surface area contributed by atoms with Crippen molar-refractivity contribution in [3.8, 4) is 5.75 Å². The first kappa shape index (κ1) is 16.9. The van der Waals surface area contributed by atoms with Crippen LogP contribution in [0.1, 0.15) is 38.4 Å². The van der Waals surface area contributed by atoms with Crippen LogP contribution in [0.2, 0.25) is 0 Å². The van der Waals surface area contributed by atoms with Gasteiger partial charge in [-0.25, -0.2) is 4.79 Å². The number of carbonyl (C=O) groups excluding carboxylic acids is 1. The van der Waals surface area contributed by atoms with Gasteiger partial charge in [0.05, 0.1) is 17.6 Å². The SMILES string of the molecule is CCCCOC(=O)COc1ccc([N+](=O)[O-])cc1C(C)O. The minimum Gasteiger partial charge on any atom is -0.482 e. The number of nitrogens with zero attached hydrogens (tertiary/aromatic N) is 1. The summed E-state index contributed by atoms with van der Waals surface area (Å²) in [5.74, 6) is -0.290. The molecule has 1 rings (SSSR count). The van der Waals surface area contributed by atoms with E-state index < -0.39 is 17.0 Å². The molecule has 1 N–H and O–H groups in total. The molecule has 0 heterocycles. The molecule has 0 fully saturated rings. The third kappa shape index (κ3) is 5.39. The van der Waals surface area contributed by atoms with Gasteiger partial charge in [-0.15, -0.1) is 0 Å². The molecular weight excluding hydrogens is 278 g/mol. The molecule has 0 saturated carbocycles. The lowest BCUT2D eigenvalue weighted by Crippen LogP contribution is -2.16. The highest BCUT2D eigenvalue weighted by Gasteiger charge is 2.16. The van der Waals surface area contributed by atoms with E-state index in [1.807, 2.05) is 6.92 Å². The molecule has 0 radical (unpaired) electrons. The van der Waals surface area contributed by atoms with Crippen LogP contribution in [0.3, 0.4) is 0 Å². The Labute approximate surface area is 122 Å². The van der Waals surface area contributed by atoms with Crippen LogP contribution in [-0.4, -0.2) is 29.2 Å². The molecule has 21 heavy (non-hydrogen) atoms. The van der Waals surface area contributed by atoms with Crippen molar-refractivity contribution < 1.29 is 24.3 Å². The molecule has 1 aromatic carbocycles. The van der Waals surface area contributed by atoms with E-state index in [2.05, 4.69) is 0 Å². The van der Waals surface area contributed by atoms with Gasteiger partial charge in [0.15, 0.2) is 6.61 Å². The molecule has 0 bridgehead atoms. The summed E-state index contributed by atoms with van der Waals surface area (Å²) in [4.78, 5) is 21.6. The Balaban J connectivity index is 2.70. The van der Waals surface area contributed by atoms with Gasteiger partial charge in [0.25, 0.3) is 5.69 Å². The number of esters is 1. The van der Waals surface area contributed by atoms with E-state index >= 15 is 0 Å². The van der Waals surface area contributed by atoms with Crippen molar-refractivity contribution in [3.05, 3.63) is 33.9 Å². The average molecular weight is 297 g/mol. The number of hydrogen-bond donors (Lipinski definition) is 1. The summed E-state index contributed by atoms with van der Waals surface area (Å²) in [6.07, 6.45) is 0.751. The highest BCUT2D eigenvalue weighted by Crippen LogP contribution is 2.29. The van der Waals surface area contributed by atoms with E-state index in [1.165, 1.54) is 25.1 Å². The van der Waals surface area contributed by atoms with Crippen molar-refractivity contribution in [2.45, 2.75) is 32.8 Å². The van der Waals surface area contributed by atoms with Gasteiger partial charge in [-0.1, -0.05) is 13.3 Å². The monoisotopic (exact) mass is 297 g/mol. The quantitative estimate of drug-likeness (QED) is 0.342. The van der Waals surface area contributed by atoms with Crippen LogP contribution in [0.15, 0.2) is 18.2 Å². The number of aliphatic hydroxyl groups is 1. The fourth-order valence-corrected chi connectivity index (χ4v) is 1.62. The summed E-state index contributed by atoms with van der Waals surface area (Å²) in [5.41, 5.74) is 0.106. The third-order valence-electron chi connectivity index (χ3n) is 2.76. The van der Waals surface area contributed by atoms with Gasteiger partial charge in [-0.3, -0.25) is 10.1 Å². The smallest absolute Gasteiger partial charge is 0.344 e. The number of hydrogen-bond acceptors (Lipinski definition) is 6. The predicted molar refractivity (Wildman–Crippen MR) is 75.1 cm³/mol. The number of rotatable bonds is 8. The number of benzene rings is 1. The minimum atomic E-state index is -0.948. The first-order valence-corrected chi connectivity index (χ1v) is 6.70. The number of aliphatic hydroxyl groups excluding tert-OH is 1. The summed E-state index contributed by atoms with van der Waals surface area (Å²) >= 11 is 0. The Morgan fingerprint density at radius 1 is 1.48 bits per heavy atom. The lowest BCUT2D eigenvalue weighted by atomic mass is 10.1. The average Bonchev–Trinajstić information content (AvgIpc) is 2.45. The van der Waals surface area contributed by atoms with E-state index in [0.29, 0.717) is 6.61 Å². The molecule has 0 aliphatic carbocycles. The molecular formula is C14H19NO6. The first-order chi connectivity index (χ1) is 9.95. The van der Waals surface area contributed by atoms with Crippen LogP contribution in [0.25, 0.3) is 0 Å². The second-order valence-electron chi connectivity index (χ2n) is 4.52. The first-order valence-electron chi connectivity index (χ1n) is 6.70. The highest BCUT2D eigenvalue weighted by atomic mass is 16.6. The molecule has 7 nitrogen and oxygen atoms in total. The Bertz CT molecular complexity index is 500. The maximum absolute atomic E-state index is 11.4. The largest absolute Gasteiger partial charge is 0.482 e. The number of nitro groups is 1. The van der Waals surface area contributed by atoms with Gasteiger partial charge >= 0.3 is 5.97 Å². The molecule has 1 atom stereocenters. The Kier molecular flexibility index (Phi) is 6.61. The van der Waals surface area contributed by atoms with Crippen LogP contribution in [0.5, 0.6) is 5.75 Å². The normalized spacial score (nSPS) is 11.8. The van der Waals surface area contributed by atoms with Crippen LogP contribution >= 0.6 is 0 Å². The van der Waals surface area contributed by atoms with E-state index in [9.17, 15) is 20.0 Å². The molecule has 1 unspecified atom stereocenters. The second kappa shape index (κ2) is 8.21. The molecule has 7 heteroatoms. The number of nitro benzene ring substituents is 1. The Morgan fingerprint density at radius 2 is 2.19 bits per heavy atom. The Morgan fingerprint density at radius 3 is 2.76 bits per heavy atom. The zero-order valence-corrected chi connectivity index (χ0v) is 12.1. The summed E-state index contributed by atoms with van der Waals surface area (Å²) in [6.45, 7) is 3.48. The molecule has 0 saturated heterocycles. The fourth-order valence-electron chi connectivity index (χ4n) is 1.62. The number of carbonyl (C=O) groups is 1. The zero-order valence-electron chi connectivity index (χ0n) is 12.1. The maximum Gasteiger partial charge on any atom is 0.344 e. The zero-order chi connectivity index (χ0) is 15.8.